The number of rotatable bonds is 4. The molecular formula is C11H11ClN2O3. The molecule has 0 bridgehead atoms. The Balaban J connectivity index is 2.83. The molecular weight excluding hydrogens is 244 g/mol. The third kappa shape index (κ3) is 3.88. The fourth-order valence-electron chi connectivity index (χ4n) is 0.965. The van der Waals surface area contributed by atoms with E-state index in [0.29, 0.717) is 17.0 Å². The summed E-state index contributed by atoms with van der Waals surface area (Å²) in [4.78, 5) is 11.2. The summed E-state index contributed by atoms with van der Waals surface area (Å²) < 4.78 is 4.66. The van der Waals surface area contributed by atoms with E-state index in [-0.39, 0.29) is 12.3 Å². The van der Waals surface area contributed by atoms with Crippen molar-refractivity contribution in [2.24, 2.45) is 10.2 Å². The summed E-state index contributed by atoms with van der Waals surface area (Å²) >= 11 is 5.84. The highest BCUT2D eigenvalue weighted by atomic mass is 35.5. The van der Waals surface area contributed by atoms with Crippen LogP contribution >= 0.6 is 11.6 Å². The van der Waals surface area contributed by atoms with Gasteiger partial charge in [-0.15, -0.1) is 10.2 Å². The SMILES string of the molecule is CCOC(=O)C(=CO)N=Nc1ccccc1Cl. The van der Waals surface area contributed by atoms with Gasteiger partial charge in [0.15, 0.2) is 0 Å². The van der Waals surface area contributed by atoms with E-state index < -0.39 is 5.97 Å². The molecule has 1 aromatic carbocycles. The molecule has 90 valence electrons. The first-order chi connectivity index (χ1) is 8.19. The van der Waals surface area contributed by atoms with Gasteiger partial charge in [-0.2, -0.15) is 0 Å². The molecule has 5 nitrogen and oxygen atoms in total. The zero-order valence-electron chi connectivity index (χ0n) is 9.13. The lowest BCUT2D eigenvalue weighted by Crippen LogP contribution is -2.05. The number of esters is 1. The average molecular weight is 255 g/mol. The zero-order chi connectivity index (χ0) is 12.7. The molecule has 0 atom stereocenters. The van der Waals surface area contributed by atoms with Gasteiger partial charge in [0.05, 0.1) is 11.6 Å². The van der Waals surface area contributed by atoms with E-state index >= 15 is 0 Å². The van der Waals surface area contributed by atoms with Gasteiger partial charge < -0.3 is 9.84 Å². The molecule has 0 spiro atoms. The molecule has 0 saturated carbocycles. The van der Waals surface area contributed by atoms with Gasteiger partial charge in [-0.3, -0.25) is 0 Å². The van der Waals surface area contributed by atoms with Crippen LogP contribution < -0.4 is 0 Å². The van der Waals surface area contributed by atoms with Crippen molar-refractivity contribution in [1.29, 1.82) is 0 Å². The molecule has 0 heterocycles. The van der Waals surface area contributed by atoms with E-state index in [2.05, 4.69) is 15.0 Å². The second kappa shape index (κ2) is 6.65. The van der Waals surface area contributed by atoms with Gasteiger partial charge in [0.1, 0.15) is 11.9 Å². The Morgan fingerprint density at radius 3 is 2.82 bits per heavy atom. The van der Waals surface area contributed by atoms with Crippen LogP contribution in [-0.4, -0.2) is 17.7 Å². The van der Waals surface area contributed by atoms with Crippen LogP contribution in [0.5, 0.6) is 0 Å². The molecule has 0 radical (unpaired) electrons. The van der Waals surface area contributed by atoms with Crippen LogP contribution in [-0.2, 0) is 9.53 Å². The highest BCUT2D eigenvalue weighted by molar-refractivity contribution is 6.32. The lowest BCUT2D eigenvalue weighted by atomic mass is 10.3. The maximum atomic E-state index is 11.2. The maximum absolute atomic E-state index is 11.2. The summed E-state index contributed by atoms with van der Waals surface area (Å²) in [5, 5.41) is 16.5. The minimum atomic E-state index is -0.745. The molecule has 0 aromatic heterocycles. The Morgan fingerprint density at radius 1 is 1.53 bits per heavy atom. The predicted molar refractivity (Wildman–Crippen MR) is 63.3 cm³/mol. The Hall–Kier alpha value is -1.88. The predicted octanol–water partition coefficient (Wildman–Crippen LogP) is 3.39. The summed E-state index contributed by atoms with van der Waals surface area (Å²) in [5.74, 6) is -0.745. The minimum Gasteiger partial charge on any atom is -0.513 e. The Labute approximate surface area is 103 Å². The fraction of sp³-hybridized carbons (Fsp3) is 0.182. The van der Waals surface area contributed by atoms with Gasteiger partial charge >= 0.3 is 5.97 Å². The molecule has 1 aromatic rings. The number of aliphatic hydroxyl groups excluding tert-OH is 1. The zero-order valence-corrected chi connectivity index (χ0v) is 9.89. The van der Waals surface area contributed by atoms with Crippen LogP contribution in [0.3, 0.4) is 0 Å². The van der Waals surface area contributed by atoms with E-state index in [1.54, 1.807) is 31.2 Å². The van der Waals surface area contributed by atoms with E-state index in [0.717, 1.165) is 0 Å². The standard InChI is InChI=1S/C11H11ClN2O3/c1-2-17-11(16)10(7-15)14-13-9-6-4-3-5-8(9)12/h3-7,15H,2H2,1H3. The molecule has 1 N–H and O–H groups in total. The van der Waals surface area contributed by atoms with Crippen LogP contribution in [0.25, 0.3) is 0 Å². The molecule has 17 heavy (non-hydrogen) atoms. The van der Waals surface area contributed by atoms with Gasteiger partial charge in [-0.1, -0.05) is 23.7 Å². The van der Waals surface area contributed by atoms with Crippen LogP contribution in [0.15, 0.2) is 46.5 Å². The van der Waals surface area contributed by atoms with Crippen molar-refractivity contribution in [3.63, 3.8) is 0 Å². The summed E-state index contributed by atoms with van der Waals surface area (Å²) in [6.07, 6.45) is 0.540. The molecule has 0 fully saturated rings. The normalized spacial score (nSPS) is 11.8. The third-order valence-corrected chi connectivity index (χ3v) is 2.04. The number of carbonyl (C=O) groups is 1. The number of azo groups is 1. The second-order valence-corrected chi connectivity index (χ2v) is 3.29. The summed E-state index contributed by atoms with van der Waals surface area (Å²) in [5.41, 5.74) is 0.115. The van der Waals surface area contributed by atoms with Crippen LogP contribution in [0.1, 0.15) is 6.92 Å². The van der Waals surface area contributed by atoms with Crippen molar-refractivity contribution < 1.29 is 14.6 Å². The molecule has 0 aliphatic carbocycles. The van der Waals surface area contributed by atoms with Gasteiger partial charge in [-0.25, -0.2) is 4.79 Å². The topological polar surface area (TPSA) is 71.2 Å². The van der Waals surface area contributed by atoms with E-state index in [1.165, 1.54) is 0 Å². The van der Waals surface area contributed by atoms with Crippen molar-refractivity contribution in [2.75, 3.05) is 6.61 Å². The molecule has 0 saturated heterocycles. The number of hydrogen-bond acceptors (Lipinski definition) is 5. The average Bonchev–Trinajstić information content (AvgIpc) is 2.32. The van der Waals surface area contributed by atoms with Crippen molar-refractivity contribution in [2.45, 2.75) is 6.92 Å². The molecule has 0 unspecified atom stereocenters. The Kier molecular flexibility index (Phi) is 5.16. The summed E-state index contributed by atoms with van der Waals surface area (Å²) in [7, 11) is 0. The molecule has 0 aliphatic rings. The van der Waals surface area contributed by atoms with Crippen molar-refractivity contribution in [3.05, 3.63) is 41.2 Å². The number of hydrogen-bond donors (Lipinski definition) is 1. The minimum absolute atomic E-state index is 0.192. The van der Waals surface area contributed by atoms with Gasteiger partial charge in [0.2, 0.25) is 5.70 Å². The summed E-state index contributed by atoms with van der Waals surface area (Å²) in [6.45, 7) is 1.84. The first kappa shape index (κ1) is 13.2. The van der Waals surface area contributed by atoms with Crippen molar-refractivity contribution in [1.82, 2.24) is 0 Å². The second-order valence-electron chi connectivity index (χ2n) is 2.89. The smallest absolute Gasteiger partial charge is 0.362 e. The largest absolute Gasteiger partial charge is 0.513 e. The molecule has 0 aliphatic heterocycles. The van der Waals surface area contributed by atoms with Crippen LogP contribution in [0.4, 0.5) is 5.69 Å². The van der Waals surface area contributed by atoms with Crippen molar-refractivity contribution >= 4 is 23.3 Å². The fourth-order valence-corrected chi connectivity index (χ4v) is 1.14. The first-order valence-electron chi connectivity index (χ1n) is 4.86. The van der Waals surface area contributed by atoms with E-state index in [4.69, 9.17) is 16.7 Å². The Bertz CT molecular complexity index is 458. The molecule has 1 rings (SSSR count). The number of aliphatic hydroxyl groups is 1. The van der Waals surface area contributed by atoms with E-state index in [9.17, 15) is 4.79 Å². The Morgan fingerprint density at radius 2 is 2.24 bits per heavy atom. The van der Waals surface area contributed by atoms with Gasteiger partial charge in [-0.05, 0) is 19.1 Å². The number of carbonyl (C=O) groups excluding carboxylic acids is 1. The third-order valence-electron chi connectivity index (χ3n) is 1.72. The highest BCUT2D eigenvalue weighted by Gasteiger charge is 2.09. The van der Waals surface area contributed by atoms with Crippen LogP contribution in [0.2, 0.25) is 5.02 Å². The number of benzene rings is 1. The number of halogens is 1. The monoisotopic (exact) mass is 254 g/mol. The van der Waals surface area contributed by atoms with Gasteiger partial charge in [0.25, 0.3) is 0 Å². The molecule has 6 heteroatoms. The quantitative estimate of drug-likeness (QED) is 0.387. The lowest BCUT2D eigenvalue weighted by Gasteiger charge is -1.99. The van der Waals surface area contributed by atoms with E-state index in [1.807, 2.05) is 0 Å². The van der Waals surface area contributed by atoms with Gasteiger partial charge in [0, 0.05) is 0 Å². The first-order valence-corrected chi connectivity index (χ1v) is 5.24. The number of ether oxygens (including phenoxy) is 1. The molecule has 0 amide bonds. The summed E-state index contributed by atoms with van der Waals surface area (Å²) in [6, 6.07) is 6.75. The highest BCUT2D eigenvalue weighted by Crippen LogP contribution is 2.24. The maximum Gasteiger partial charge on any atom is 0.362 e. The van der Waals surface area contributed by atoms with Crippen LogP contribution in [0, 0.1) is 0 Å². The number of nitrogens with zero attached hydrogens (tertiary/aromatic N) is 2. The van der Waals surface area contributed by atoms with Crippen molar-refractivity contribution in [3.8, 4) is 0 Å². The lowest BCUT2D eigenvalue weighted by molar-refractivity contribution is -0.138.